The number of methoxy groups -OCH3 is 1. The largest absolute Gasteiger partial charge is 0.496 e. The summed E-state index contributed by atoms with van der Waals surface area (Å²) in [4.78, 5) is 26.0. The first kappa shape index (κ1) is 15.8. The van der Waals surface area contributed by atoms with Gasteiger partial charge in [-0.3, -0.25) is 9.59 Å². The van der Waals surface area contributed by atoms with Gasteiger partial charge in [0.1, 0.15) is 5.75 Å². The van der Waals surface area contributed by atoms with E-state index in [1.807, 2.05) is 25.1 Å². The zero-order valence-corrected chi connectivity index (χ0v) is 13.7. The molecule has 0 spiro atoms. The Bertz CT molecular complexity index is 636. The first-order valence-corrected chi connectivity index (χ1v) is 8.15. The minimum atomic E-state index is -0.802. The Hall–Kier alpha value is -2.04. The lowest BCUT2D eigenvalue weighted by molar-refractivity contribution is -0.146. The minimum absolute atomic E-state index is 0.0781. The lowest BCUT2D eigenvalue weighted by atomic mass is 9.90. The first-order chi connectivity index (χ1) is 11.0. The van der Waals surface area contributed by atoms with Gasteiger partial charge in [0, 0.05) is 13.1 Å². The average Bonchev–Trinajstić information content (AvgIpc) is 3.36. The molecule has 0 radical (unpaired) electrons. The SMILES string of the molecule is COc1cc(C2(C(=O)N3CCC[C@@H](C(=O)O)C3)CC2)ccc1C. The number of carboxylic acid groups (broad SMARTS) is 1. The van der Waals surface area contributed by atoms with Crippen LogP contribution in [0.3, 0.4) is 0 Å². The third-order valence-electron chi connectivity index (χ3n) is 5.18. The number of piperidine rings is 1. The van der Waals surface area contributed by atoms with Crippen molar-refractivity contribution in [1.82, 2.24) is 4.90 Å². The molecule has 1 aliphatic carbocycles. The molecule has 1 amide bonds. The van der Waals surface area contributed by atoms with E-state index in [1.54, 1.807) is 12.0 Å². The zero-order valence-electron chi connectivity index (χ0n) is 13.7. The van der Waals surface area contributed by atoms with Gasteiger partial charge in [0.25, 0.3) is 0 Å². The Morgan fingerprint density at radius 2 is 2.09 bits per heavy atom. The summed E-state index contributed by atoms with van der Waals surface area (Å²) in [5.41, 5.74) is 1.56. The number of hydrogen-bond acceptors (Lipinski definition) is 3. The average molecular weight is 317 g/mol. The van der Waals surface area contributed by atoms with E-state index in [9.17, 15) is 14.7 Å². The van der Waals surface area contributed by atoms with Crippen molar-refractivity contribution < 1.29 is 19.4 Å². The zero-order chi connectivity index (χ0) is 16.6. The molecule has 1 aromatic rings. The van der Waals surface area contributed by atoms with Crippen LogP contribution in [0.5, 0.6) is 5.75 Å². The number of ether oxygens (including phenoxy) is 1. The first-order valence-electron chi connectivity index (χ1n) is 8.15. The monoisotopic (exact) mass is 317 g/mol. The highest BCUT2D eigenvalue weighted by Gasteiger charge is 2.53. The molecule has 5 heteroatoms. The molecule has 1 heterocycles. The van der Waals surface area contributed by atoms with Crippen molar-refractivity contribution >= 4 is 11.9 Å². The molecule has 2 aliphatic rings. The van der Waals surface area contributed by atoms with Crippen LogP contribution >= 0.6 is 0 Å². The molecule has 1 saturated heterocycles. The van der Waals surface area contributed by atoms with Gasteiger partial charge in [0.05, 0.1) is 18.4 Å². The smallest absolute Gasteiger partial charge is 0.308 e. The summed E-state index contributed by atoms with van der Waals surface area (Å²) in [6.45, 7) is 2.97. The van der Waals surface area contributed by atoms with Crippen LogP contribution in [0, 0.1) is 12.8 Å². The fraction of sp³-hybridized carbons (Fsp3) is 0.556. The van der Waals surface area contributed by atoms with Crippen LogP contribution in [0.25, 0.3) is 0 Å². The molecule has 0 unspecified atom stereocenters. The van der Waals surface area contributed by atoms with Gasteiger partial charge in [-0.15, -0.1) is 0 Å². The van der Waals surface area contributed by atoms with Crippen LogP contribution in [-0.2, 0) is 15.0 Å². The Morgan fingerprint density at radius 3 is 2.70 bits per heavy atom. The van der Waals surface area contributed by atoms with E-state index >= 15 is 0 Å². The van der Waals surface area contributed by atoms with Gasteiger partial charge in [0.15, 0.2) is 0 Å². The van der Waals surface area contributed by atoms with Gasteiger partial charge in [-0.2, -0.15) is 0 Å². The summed E-state index contributed by atoms with van der Waals surface area (Å²) < 4.78 is 5.38. The number of likely N-dealkylation sites (tertiary alicyclic amines) is 1. The maximum atomic E-state index is 13.0. The van der Waals surface area contributed by atoms with Crippen molar-refractivity contribution in [1.29, 1.82) is 0 Å². The molecule has 0 aromatic heterocycles. The molecule has 1 saturated carbocycles. The second kappa shape index (κ2) is 5.87. The lowest BCUT2D eigenvalue weighted by Crippen LogP contribution is -2.46. The van der Waals surface area contributed by atoms with Gasteiger partial charge < -0.3 is 14.7 Å². The van der Waals surface area contributed by atoms with Gasteiger partial charge in [-0.05, 0) is 49.8 Å². The van der Waals surface area contributed by atoms with Crippen LogP contribution in [0.1, 0.15) is 36.8 Å². The highest BCUT2D eigenvalue weighted by molar-refractivity contribution is 5.92. The number of carbonyl (C=O) groups excluding carboxylic acids is 1. The summed E-state index contributed by atoms with van der Waals surface area (Å²) in [5, 5.41) is 9.22. The summed E-state index contributed by atoms with van der Waals surface area (Å²) in [6.07, 6.45) is 3.07. The molecule has 1 atom stereocenters. The number of aryl methyl sites for hydroxylation is 1. The number of amides is 1. The Balaban J connectivity index is 1.82. The highest BCUT2D eigenvalue weighted by Crippen LogP contribution is 2.50. The fourth-order valence-corrected chi connectivity index (χ4v) is 3.53. The molecule has 124 valence electrons. The fourth-order valence-electron chi connectivity index (χ4n) is 3.53. The quantitative estimate of drug-likeness (QED) is 0.926. The van der Waals surface area contributed by atoms with Crippen molar-refractivity contribution in [3.05, 3.63) is 29.3 Å². The van der Waals surface area contributed by atoms with E-state index in [1.165, 1.54) is 0 Å². The summed E-state index contributed by atoms with van der Waals surface area (Å²) in [5.74, 6) is -0.363. The van der Waals surface area contributed by atoms with Gasteiger partial charge >= 0.3 is 5.97 Å². The van der Waals surface area contributed by atoms with Crippen LogP contribution in [0.2, 0.25) is 0 Å². The third kappa shape index (κ3) is 2.80. The molecule has 23 heavy (non-hydrogen) atoms. The lowest BCUT2D eigenvalue weighted by Gasteiger charge is -2.33. The maximum absolute atomic E-state index is 13.0. The minimum Gasteiger partial charge on any atom is -0.496 e. The maximum Gasteiger partial charge on any atom is 0.308 e. The molecule has 1 aromatic carbocycles. The van der Waals surface area contributed by atoms with E-state index in [2.05, 4.69) is 0 Å². The molecular weight excluding hydrogens is 294 g/mol. The molecule has 0 bridgehead atoms. The van der Waals surface area contributed by atoms with E-state index < -0.39 is 17.3 Å². The van der Waals surface area contributed by atoms with E-state index in [-0.39, 0.29) is 5.91 Å². The van der Waals surface area contributed by atoms with Crippen LogP contribution in [-0.4, -0.2) is 42.1 Å². The van der Waals surface area contributed by atoms with Gasteiger partial charge in [-0.1, -0.05) is 12.1 Å². The topological polar surface area (TPSA) is 66.8 Å². The van der Waals surface area contributed by atoms with Crippen molar-refractivity contribution in [2.24, 2.45) is 5.92 Å². The van der Waals surface area contributed by atoms with Crippen molar-refractivity contribution in [3.63, 3.8) is 0 Å². The van der Waals surface area contributed by atoms with Gasteiger partial charge in [0.2, 0.25) is 5.91 Å². The molecule has 2 fully saturated rings. The van der Waals surface area contributed by atoms with Crippen LogP contribution in [0.4, 0.5) is 0 Å². The van der Waals surface area contributed by atoms with Crippen molar-refractivity contribution in [2.75, 3.05) is 20.2 Å². The predicted octanol–water partition coefficient (Wildman–Crippen LogP) is 2.36. The predicted molar refractivity (Wildman–Crippen MR) is 85.6 cm³/mol. The Morgan fingerprint density at radius 1 is 1.35 bits per heavy atom. The highest BCUT2D eigenvalue weighted by atomic mass is 16.5. The number of aliphatic carboxylic acids is 1. The van der Waals surface area contributed by atoms with E-state index in [0.29, 0.717) is 19.5 Å². The van der Waals surface area contributed by atoms with Crippen molar-refractivity contribution in [2.45, 2.75) is 38.0 Å². The molecular formula is C18H23NO4. The third-order valence-corrected chi connectivity index (χ3v) is 5.18. The molecule has 5 nitrogen and oxygen atoms in total. The van der Waals surface area contributed by atoms with Crippen LogP contribution in [0.15, 0.2) is 18.2 Å². The molecule has 1 N–H and O–H groups in total. The normalized spacial score (nSPS) is 22.5. The van der Waals surface area contributed by atoms with Crippen LogP contribution < -0.4 is 4.74 Å². The standard InChI is InChI=1S/C18H23NO4/c1-12-5-6-14(10-15(12)23-2)18(7-8-18)17(22)19-9-3-4-13(11-19)16(20)21/h5-6,10,13H,3-4,7-9,11H2,1-2H3,(H,20,21)/t13-/m1/s1. The van der Waals surface area contributed by atoms with Gasteiger partial charge in [-0.25, -0.2) is 0 Å². The van der Waals surface area contributed by atoms with E-state index in [4.69, 9.17) is 4.74 Å². The number of benzene rings is 1. The number of carboxylic acids is 1. The van der Waals surface area contributed by atoms with E-state index in [0.717, 1.165) is 36.1 Å². The summed E-state index contributed by atoms with van der Waals surface area (Å²) in [7, 11) is 1.63. The number of rotatable bonds is 4. The summed E-state index contributed by atoms with van der Waals surface area (Å²) >= 11 is 0. The number of hydrogen-bond donors (Lipinski definition) is 1. The Kier molecular flexibility index (Phi) is 4.04. The Labute approximate surface area is 136 Å². The summed E-state index contributed by atoms with van der Waals surface area (Å²) in [6, 6.07) is 5.94. The van der Waals surface area contributed by atoms with Crippen molar-refractivity contribution in [3.8, 4) is 5.75 Å². The second-order valence-corrected chi connectivity index (χ2v) is 6.70. The molecule has 1 aliphatic heterocycles. The number of carbonyl (C=O) groups is 2. The second-order valence-electron chi connectivity index (χ2n) is 6.70. The molecule has 3 rings (SSSR count). The number of nitrogens with zero attached hydrogens (tertiary/aromatic N) is 1.